The standard InChI is InChI=1S/C17H28N2O/c1-4-16-12-19(7-8-20-16)6-5-17(18)15-10-13(2)9-14(3)11-15/h9-11,16-17H,4-8,12,18H2,1-3H3. The smallest absolute Gasteiger partial charge is 0.0700 e. The summed E-state index contributed by atoms with van der Waals surface area (Å²) in [5.74, 6) is 0. The van der Waals surface area contributed by atoms with E-state index >= 15 is 0 Å². The molecule has 2 rings (SSSR count). The lowest BCUT2D eigenvalue weighted by molar-refractivity contribution is -0.0302. The van der Waals surface area contributed by atoms with Crippen LogP contribution < -0.4 is 5.73 Å². The molecule has 2 atom stereocenters. The molecule has 2 N–H and O–H groups in total. The van der Waals surface area contributed by atoms with Gasteiger partial charge in [0.15, 0.2) is 0 Å². The molecule has 2 unspecified atom stereocenters. The SMILES string of the molecule is CCC1CN(CCC(N)c2cc(C)cc(C)c2)CCO1. The minimum Gasteiger partial charge on any atom is -0.376 e. The predicted octanol–water partition coefficient (Wildman–Crippen LogP) is 2.80. The highest BCUT2D eigenvalue weighted by molar-refractivity contribution is 5.30. The van der Waals surface area contributed by atoms with Crippen LogP contribution in [0.15, 0.2) is 18.2 Å². The number of hydrogen-bond acceptors (Lipinski definition) is 3. The molecule has 0 spiro atoms. The fourth-order valence-corrected chi connectivity index (χ4v) is 2.94. The Labute approximate surface area is 123 Å². The summed E-state index contributed by atoms with van der Waals surface area (Å²) in [6, 6.07) is 6.76. The molecule has 0 amide bonds. The highest BCUT2D eigenvalue weighted by Crippen LogP contribution is 2.19. The first-order chi connectivity index (χ1) is 9.58. The number of ether oxygens (including phenoxy) is 1. The minimum atomic E-state index is 0.136. The first-order valence-corrected chi connectivity index (χ1v) is 7.76. The topological polar surface area (TPSA) is 38.5 Å². The molecule has 1 aromatic rings. The summed E-state index contributed by atoms with van der Waals surface area (Å²) in [7, 11) is 0. The van der Waals surface area contributed by atoms with Crippen LogP contribution in [0.2, 0.25) is 0 Å². The van der Waals surface area contributed by atoms with Crippen molar-refractivity contribution in [3.05, 3.63) is 34.9 Å². The summed E-state index contributed by atoms with van der Waals surface area (Å²) in [4.78, 5) is 2.49. The summed E-state index contributed by atoms with van der Waals surface area (Å²) >= 11 is 0. The van der Waals surface area contributed by atoms with E-state index in [4.69, 9.17) is 10.5 Å². The molecule has 0 saturated carbocycles. The minimum absolute atomic E-state index is 0.136. The van der Waals surface area contributed by atoms with E-state index in [0.717, 1.165) is 39.1 Å². The van der Waals surface area contributed by atoms with Gasteiger partial charge < -0.3 is 10.5 Å². The Bertz CT molecular complexity index is 413. The molecule has 0 aliphatic carbocycles. The van der Waals surface area contributed by atoms with E-state index in [1.165, 1.54) is 16.7 Å². The van der Waals surface area contributed by atoms with Crippen molar-refractivity contribution in [1.82, 2.24) is 4.90 Å². The van der Waals surface area contributed by atoms with Gasteiger partial charge in [0.1, 0.15) is 0 Å². The molecule has 112 valence electrons. The number of morpholine rings is 1. The first kappa shape index (κ1) is 15.5. The van der Waals surface area contributed by atoms with E-state index in [2.05, 4.69) is 43.9 Å². The Morgan fingerprint density at radius 1 is 1.30 bits per heavy atom. The molecular formula is C17H28N2O. The largest absolute Gasteiger partial charge is 0.376 e. The van der Waals surface area contributed by atoms with Crippen molar-refractivity contribution < 1.29 is 4.74 Å². The number of hydrogen-bond donors (Lipinski definition) is 1. The van der Waals surface area contributed by atoms with Gasteiger partial charge in [-0.25, -0.2) is 0 Å². The Kier molecular flexibility index (Phi) is 5.58. The quantitative estimate of drug-likeness (QED) is 0.898. The van der Waals surface area contributed by atoms with Crippen molar-refractivity contribution in [3.8, 4) is 0 Å². The lowest BCUT2D eigenvalue weighted by Crippen LogP contribution is -2.43. The van der Waals surface area contributed by atoms with Crippen LogP contribution in [0.1, 0.15) is 42.5 Å². The average molecular weight is 276 g/mol. The molecule has 0 aromatic heterocycles. The van der Waals surface area contributed by atoms with E-state index in [-0.39, 0.29) is 6.04 Å². The molecule has 3 nitrogen and oxygen atoms in total. The van der Waals surface area contributed by atoms with Crippen LogP contribution in [0.3, 0.4) is 0 Å². The number of aryl methyl sites for hydroxylation is 2. The number of rotatable bonds is 5. The molecule has 1 aliphatic heterocycles. The maximum Gasteiger partial charge on any atom is 0.0700 e. The second kappa shape index (κ2) is 7.21. The molecule has 0 radical (unpaired) electrons. The summed E-state index contributed by atoms with van der Waals surface area (Å²) < 4.78 is 5.71. The van der Waals surface area contributed by atoms with Crippen molar-refractivity contribution in [3.63, 3.8) is 0 Å². The van der Waals surface area contributed by atoms with Gasteiger partial charge in [-0.15, -0.1) is 0 Å². The second-order valence-corrected chi connectivity index (χ2v) is 6.02. The monoisotopic (exact) mass is 276 g/mol. The van der Waals surface area contributed by atoms with Crippen molar-refractivity contribution in [1.29, 1.82) is 0 Å². The van der Waals surface area contributed by atoms with Crippen LogP contribution in [-0.4, -0.2) is 37.2 Å². The molecule has 1 saturated heterocycles. The lowest BCUT2D eigenvalue weighted by Gasteiger charge is -2.33. The molecule has 1 aliphatic rings. The molecular weight excluding hydrogens is 248 g/mol. The Morgan fingerprint density at radius 2 is 2.00 bits per heavy atom. The normalized spacial score (nSPS) is 21.9. The Balaban J connectivity index is 1.86. The number of nitrogens with zero attached hydrogens (tertiary/aromatic N) is 1. The van der Waals surface area contributed by atoms with Gasteiger partial charge in [-0.2, -0.15) is 0 Å². The van der Waals surface area contributed by atoms with Crippen LogP contribution in [0.25, 0.3) is 0 Å². The van der Waals surface area contributed by atoms with Gasteiger partial charge in [0.05, 0.1) is 12.7 Å². The van der Waals surface area contributed by atoms with Crippen LogP contribution in [0, 0.1) is 13.8 Å². The van der Waals surface area contributed by atoms with E-state index < -0.39 is 0 Å². The van der Waals surface area contributed by atoms with E-state index in [9.17, 15) is 0 Å². The van der Waals surface area contributed by atoms with Crippen LogP contribution in [0.5, 0.6) is 0 Å². The van der Waals surface area contributed by atoms with Gasteiger partial charge in [0.25, 0.3) is 0 Å². The maximum absolute atomic E-state index is 6.36. The van der Waals surface area contributed by atoms with Gasteiger partial charge in [-0.3, -0.25) is 4.90 Å². The first-order valence-electron chi connectivity index (χ1n) is 7.76. The third-order valence-corrected chi connectivity index (χ3v) is 4.11. The Hall–Kier alpha value is -0.900. The van der Waals surface area contributed by atoms with Gasteiger partial charge in [0.2, 0.25) is 0 Å². The van der Waals surface area contributed by atoms with Gasteiger partial charge in [0, 0.05) is 25.7 Å². The number of nitrogens with two attached hydrogens (primary N) is 1. The summed E-state index contributed by atoms with van der Waals surface area (Å²) in [6.45, 7) is 10.5. The summed E-state index contributed by atoms with van der Waals surface area (Å²) in [5.41, 5.74) is 10.2. The van der Waals surface area contributed by atoms with E-state index in [1.807, 2.05) is 0 Å². The highest BCUT2D eigenvalue weighted by Gasteiger charge is 2.19. The fraction of sp³-hybridized carbons (Fsp3) is 0.647. The molecule has 1 fully saturated rings. The van der Waals surface area contributed by atoms with Crippen molar-refractivity contribution in [2.24, 2.45) is 5.73 Å². The second-order valence-electron chi connectivity index (χ2n) is 6.02. The zero-order valence-electron chi connectivity index (χ0n) is 13.1. The maximum atomic E-state index is 6.36. The Morgan fingerprint density at radius 3 is 2.65 bits per heavy atom. The van der Waals surface area contributed by atoms with E-state index in [1.54, 1.807) is 0 Å². The van der Waals surface area contributed by atoms with Crippen molar-refractivity contribution in [2.75, 3.05) is 26.2 Å². The van der Waals surface area contributed by atoms with Crippen molar-refractivity contribution >= 4 is 0 Å². The molecule has 0 bridgehead atoms. The van der Waals surface area contributed by atoms with Gasteiger partial charge in [-0.05, 0) is 32.3 Å². The van der Waals surface area contributed by atoms with Crippen LogP contribution >= 0.6 is 0 Å². The van der Waals surface area contributed by atoms with Gasteiger partial charge >= 0.3 is 0 Å². The zero-order valence-corrected chi connectivity index (χ0v) is 13.1. The summed E-state index contributed by atoms with van der Waals surface area (Å²) in [5, 5.41) is 0. The fourth-order valence-electron chi connectivity index (χ4n) is 2.94. The average Bonchev–Trinajstić information content (AvgIpc) is 2.44. The third-order valence-electron chi connectivity index (χ3n) is 4.11. The number of benzene rings is 1. The molecule has 1 heterocycles. The molecule has 3 heteroatoms. The highest BCUT2D eigenvalue weighted by atomic mass is 16.5. The molecule has 1 aromatic carbocycles. The summed E-state index contributed by atoms with van der Waals surface area (Å²) in [6.07, 6.45) is 2.51. The van der Waals surface area contributed by atoms with Crippen LogP contribution in [0.4, 0.5) is 0 Å². The lowest BCUT2D eigenvalue weighted by atomic mass is 9.99. The third kappa shape index (κ3) is 4.30. The van der Waals surface area contributed by atoms with E-state index in [0.29, 0.717) is 6.10 Å². The van der Waals surface area contributed by atoms with Crippen LogP contribution in [-0.2, 0) is 4.74 Å². The molecule has 20 heavy (non-hydrogen) atoms. The van der Waals surface area contributed by atoms with Gasteiger partial charge in [-0.1, -0.05) is 36.2 Å². The predicted molar refractivity (Wildman–Crippen MR) is 83.9 cm³/mol. The van der Waals surface area contributed by atoms with Crippen molar-refractivity contribution in [2.45, 2.75) is 45.8 Å². The zero-order chi connectivity index (χ0) is 14.5.